The Hall–Kier alpha value is -1.83. The zero-order valence-corrected chi connectivity index (χ0v) is 7.91. The van der Waals surface area contributed by atoms with Gasteiger partial charge in [0.05, 0.1) is 11.9 Å². The van der Waals surface area contributed by atoms with Gasteiger partial charge in [-0.15, -0.1) is 13.2 Å². The average Bonchev–Trinajstić information content (AvgIpc) is 2.19. The molecule has 4 N–H and O–H groups in total. The maximum absolute atomic E-state index is 12.0. The molecule has 0 bridgehead atoms. The van der Waals surface area contributed by atoms with Gasteiger partial charge in [0.25, 0.3) is 0 Å². The van der Waals surface area contributed by atoms with E-state index in [2.05, 4.69) is 9.72 Å². The maximum atomic E-state index is 12.0. The lowest BCUT2D eigenvalue weighted by Gasteiger charge is -2.15. The van der Waals surface area contributed by atoms with Crippen LogP contribution in [0.5, 0.6) is 5.75 Å². The number of halogens is 3. The molecule has 0 aliphatic rings. The molecule has 88 valence electrons. The lowest BCUT2D eigenvalue weighted by Crippen LogP contribution is -2.21. The quantitative estimate of drug-likeness (QED) is 0.757. The van der Waals surface area contributed by atoms with Crippen LogP contribution in [0.3, 0.4) is 0 Å². The first-order chi connectivity index (χ1) is 7.39. The molecule has 0 amide bonds. The molecule has 0 saturated heterocycles. The van der Waals surface area contributed by atoms with Gasteiger partial charge in [0, 0.05) is 12.1 Å². The Balaban J connectivity index is 3.29. The Kier molecular flexibility index (Phi) is 3.33. The van der Waals surface area contributed by atoms with Gasteiger partial charge in [-0.2, -0.15) is 0 Å². The van der Waals surface area contributed by atoms with Gasteiger partial charge in [0.2, 0.25) is 0 Å². The van der Waals surface area contributed by atoms with Crippen molar-refractivity contribution in [3.05, 3.63) is 17.5 Å². The molecule has 8 heteroatoms. The van der Waals surface area contributed by atoms with Crippen molar-refractivity contribution in [1.29, 1.82) is 0 Å². The number of nitrogens with two attached hydrogens (primary N) is 2. The average molecular weight is 235 g/mol. The number of nitrogen functional groups attached to an aromatic ring is 1. The second kappa shape index (κ2) is 4.35. The normalized spacial score (nSPS) is 11.2. The summed E-state index contributed by atoms with van der Waals surface area (Å²) in [4.78, 5) is 14.1. The Morgan fingerprint density at radius 1 is 1.50 bits per heavy atom. The SMILES string of the molecule is NCc1c(C=O)ncc(N)c1OC(F)(F)F. The summed E-state index contributed by atoms with van der Waals surface area (Å²) in [6.07, 6.45) is -3.71. The minimum absolute atomic E-state index is 0.174. The number of rotatable bonds is 3. The first-order valence-electron chi connectivity index (χ1n) is 4.07. The summed E-state index contributed by atoms with van der Waals surface area (Å²) in [7, 11) is 0. The zero-order valence-electron chi connectivity index (χ0n) is 7.91. The fraction of sp³-hybridized carbons (Fsp3) is 0.250. The van der Waals surface area contributed by atoms with Gasteiger partial charge in [-0.3, -0.25) is 9.78 Å². The summed E-state index contributed by atoms with van der Waals surface area (Å²) in [5.41, 5.74) is 9.75. The van der Waals surface area contributed by atoms with E-state index < -0.39 is 12.1 Å². The second-order valence-corrected chi connectivity index (χ2v) is 2.78. The molecule has 1 rings (SSSR count). The van der Waals surface area contributed by atoms with Crippen LogP contribution in [0.4, 0.5) is 18.9 Å². The van der Waals surface area contributed by atoms with Crippen molar-refractivity contribution in [3.63, 3.8) is 0 Å². The predicted molar refractivity (Wildman–Crippen MR) is 48.6 cm³/mol. The van der Waals surface area contributed by atoms with Crippen LogP contribution >= 0.6 is 0 Å². The third-order valence-electron chi connectivity index (χ3n) is 1.72. The number of alkyl halides is 3. The summed E-state index contributed by atoms with van der Waals surface area (Å²) in [6.45, 7) is -0.336. The zero-order chi connectivity index (χ0) is 12.3. The number of hydrogen-bond acceptors (Lipinski definition) is 5. The van der Waals surface area contributed by atoms with E-state index in [0.29, 0.717) is 0 Å². The third kappa shape index (κ3) is 2.60. The Morgan fingerprint density at radius 3 is 2.56 bits per heavy atom. The lowest BCUT2D eigenvalue weighted by molar-refractivity contribution is -0.274. The van der Waals surface area contributed by atoms with Crippen molar-refractivity contribution >= 4 is 12.0 Å². The highest BCUT2D eigenvalue weighted by Crippen LogP contribution is 2.32. The van der Waals surface area contributed by atoms with Crippen molar-refractivity contribution in [3.8, 4) is 5.75 Å². The summed E-state index contributed by atoms with van der Waals surface area (Å²) >= 11 is 0. The van der Waals surface area contributed by atoms with E-state index in [1.807, 2.05) is 0 Å². The molecule has 0 spiro atoms. The van der Waals surface area contributed by atoms with Gasteiger partial charge in [0.15, 0.2) is 12.0 Å². The molecule has 0 radical (unpaired) electrons. The van der Waals surface area contributed by atoms with Crippen molar-refractivity contribution in [1.82, 2.24) is 4.98 Å². The summed E-state index contributed by atoms with van der Waals surface area (Å²) in [6, 6.07) is 0. The third-order valence-corrected chi connectivity index (χ3v) is 1.72. The van der Waals surface area contributed by atoms with Crippen LogP contribution in [0, 0.1) is 0 Å². The Bertz CT molecular complexity index is 406. The van der Waals surface area contributed by atoms with Crippen LogP contribution in [-0.2, 0) is 6.54 Å². The van der Waals surface area contributed by atoms with Crippen LogP contribution < -0.4 is 16.2 Å². The van der Waals surface area contributed by atoms with Gasteiger partial charge in [-0.1, -0.05) is 0 Å². The Morgan fingerprint density at radius 2 is 2.12 bits per heavy atom. The van der Waals surface area contributed by atoms with Gasteiger partial charge in [-0.05, 0) is 0 Å². The largest absolute Gasteiger partial charge is 0.573 e. The highest BCUT2D eigenvalue weighted by molar-refractivity contribution is 5.77. The smallest absolute Gasteiger partial charge is 0.403 e. The topological polar surface area (TPSA) is 91.2 Å². The fourth-order valence-corrected chi connectivity index (χ4v) is 1.10. The maximum Gasteiger partial charge on any atom is 0.573 e. The van der Waals surface area contributed by atoms with Crippen molar-refractivity contribution in [2.24, 2.45) is 5.73 Å². The minimum Gasteiger partial charge on any atom is -0.403 e. The number of aldehydes is 1. The van der Waals surface area contributed by atoms with E-state index in [-0.39, 0.29) is 29.8 Å². The van der Waals surface area contributed by atoms with E-state index in [0.717, 1.165) is 6.20 Å². The van der Waals surface area contributed by atoms with Crippen molar-refractivity contribution < 1.29 is 22.7 Å². The summed E-state index contributed by atoms with van der Waals surface area (Å²) < 4.78 is 39.8. The van der Waals surface area contributed by atoms with Crippen molar-refractivity contribution in [2.75, 3.05) is 5.73 Å². The second-order valence-electron chi connectivity index (χ2n) is 2.78. The van der Waals surface area contributed by atoms with Crippen LogP contribution in [-0.4, -0.2) is 17.6 Å². The number of ether oxygens (including phenoxy) is 1. The highest BCUT2D eigenvalue weighted by Gasteiger charge is 2.33. The Labute approximate surface area is 88.2 Å². The standard InChI is InChI=1S/C8H8F3N3O2/c9-8(10,11)16-7-4(1-12)6(3-15)14-2-5(7)13/h2-3H,1,12-13H2. The molecule has 0 aliphatic heterocycles. The summed E-state index contributed by atoms with van der Waals surface area (Å²) in [5, 5.41) is 0. The van der Waals surface area contributed by atoms with Crippen LogP contribution in [0.2, 0.25) is 0 Å². The number of nitrogens with zero attached hydrogens (tertiary/aromatic N) is 1. The first kappa shape index (κ1) is 12.2. The van der Waals surface area contributed by atoms with Crippen LogP contribution in [0.15, 0.2) is 6.20 Å². The molecule has 0 aliphatic carbocycles. The van der Waals surface area contributed by atoms with E-state index in [4.69, 9.17) is 11.5 Å². The molecule has 1 aromatic rings. The molecule has 1 aromatic heterocycles. The number of carbonyl (C=O) groups excluding carboxylic acids is 1. The number of hydrogen-bond donors (Lipinski definition) is 2. The molecule has 0 saturated carbocycles. The van der Waals surface area contributed by atoms with Gasteiger partial charge in [-0.25, -0.2) is 0 Å². The van der Waals surface area contributed by atoms with Gasteiger partial charge in [0.1, 0.15) is 5.69 Å². The fourth-order valence-electron chi connectivity index (χ4n) is 1.10. The molecular weight excluding hydrogens is 227 g/mol. The van der Waals surface area contributed by atoms with Gasteiger partial charge < -0.3 is 16.2 Å². The minimum atomic E-state index is -4.90. The predicted octanol–water partition coefficient (Wildman–Crippen LogP) is 0.834. The molecular formula is C8H8F3N3O2. The van der Waals surface area contributed by atoms with Crippen LogP contribution in [0.1, 0.15) is 16.1 Å². The molecule has 0 unspecified atom stereocenters. The highest BCUT2D eigenvalue weighted by atomic mass is 19.4. The van der Waals surface area contributed by atoms with Crippen molar-refractivity contribution in [2.45, 2.75) is 12.9 Å². The molecule has 0 atom stereocenters. The number of anilines is 1. The lowest BCUT2D eigenvalue weighted by atomic mass is 10.1. The number of carbonyl (C=O) groups is 1. The molecule has 1 heterocycles. The molecule has 5 nitrogen and oxygen atoms in total. The van der Waals surface area contributed by atoms with E-state index in [1.54, 1.807) is 0 Å². The first-order valence-corrected chi connectivity index (χ1v) is 4.07. The molecule has 0 fully saturated rings. The molecule has 0 aromatic carbocycles. The van der Waals surface area contributed by atoms with Crippen LogP contribution in [0.25, 0.3) is 0 Å². The number of aromatic nitrogens is 1. The molecule has 16 heavy (non-hydrogen) atoms. The van der Waals surface area contributed by atoms with E-state index in [1.165, 1.54) is 0 Å². The summed E-state index contributed by atoms with van der Waals surface area (Å²) in [5.74, 6) is -0.674. The van der Waals surface area contributed by atoms with E-state index in [9.17, 15) is 18.0 Å². The monoisotopic (exact) mass is 235 g/mol. The van der Waals surface area contributed by atoms with Gasteiger partial charge >= 0.3 is 6.36 Å². The van der Waals surface area contributed by atoms with E-state index >= 15 is 0 Å². The number of pyridine rings is 1.